The van der Waals surface area contributed by atoms with Crippen LogP contribution in [0.4, 0.5) is 0 Å². The molecule has 11 heavy (non-hydrogen) atoms. The van der Waals surface area contributed by atoms with Gasteiger partial charge in [-0.25, -0.2) is 0 Å². The Morgan fingerprint density at radius 3 is 2.82 bits per heavy atom. The quantitative estimate of drug-likeness (QED) is 0.740. The summed E-state index contributed by atoms with van der Waals surface area (Å²) >= 11 is 4.97. The van der Waals surface area contributed by atoms with Crippen LogP contribution < -0.4 is 5.32 Å². The first-order valence-corrected chi connectivity index (χ1v) is 5.97. The molecule has 0 saturated carbocycles. The van der Waals surface area contributed by atoms with Crippen molar-refractivity contribution in [3.05, 3.63) is 0 Å². The van der Waals surface area contributed by atoms with Crippen molar-refractivity contribution in [2.24, 2.45) is 0 Å². The largest absolute Gasteiger partial charge is 0.355 e. The number of hydrogen-bond acceptors (Lipinski definition) is 2. The monoisotopic (exact) mass is 239 g/mol. The third-order valence-corrected chi connectivity index (χ3v) is 2.68. The van der Waals surface area contributed by atoms with E-state index in [4.69, 9.17) is 0 Å². The Kier molecular flexibility index (Phi) is 7.17. The van der Waals surface area contributed by atoms with E-state index in [-0.39, 0.29) is 5.91 Å². The molecule has 0 spiro atoms. The van der Waals surface area contributed by atoms with E-state index in [2.05, 4.69) is 28.2 Å². The Morgan fingerprint density at radius 2 is 2.36 bits per heavy atom. The van der Waals surface area contributed by atoms with Crippen molar-refractivity contribution in [2.75, 3.05) is 18.1 Å². The zero-order chi connectivity index (χ0) is 8.69. The molecule has 4 heteroatoms. The van der Waals surface area contributed by atoms with Gasteiger partial charge in [-0.1, -0.05) is 22.9 Å². The van der Waals surface area contributed by atoms with E-state index >= 15 is 0 Å². The normalized spacial score (nSPS) is 12.6. The third-order valence-electron chi connectivity index (χ3n) is 1.31. The average molecular weight is 240 g/mol. The Morgan fingerprint density at radius 1 is 1.73 bits per heavy atom. The number of amides is 1. The number of carbonyl (C=O) groups is 1. The highest BCUT2D eigenvalue weighted by molar-refractivity contribution is 9.09. The van der Waals surface area contributed by atoms with Gasteiger partial charge in [-0.2, -0.15) is 11.8 Å². The van der Waals surface area contributed by atoms with Crippen LogP contribution in [0.1, 0.15) is 13.3 Å². The molecular formula is C7H14BrNOS. The maximum atomic E-state index is 10.9. The minimum atomic E-state index is 0.128. The van der Waals surface area contributed by atoms with E-state index in [1.807, 2.05) is 6.26 Å². The van der Waals surface area contributed by atoms with E-state index < -0.39 is 0 Å². The summed E-state index contributed by atoms with van der Waals surface area (Å²) in [6.45, 7) is 2.87. The first kappa shape index (κ1) is 11.3. The van der Waals surface area contributed by atoms with Gasteiger partial charge in [0.25, 0.3) is 0 Å². The second-order valence-corrected chi connectivity index (χ2v) is 4.36. The first-order valence-electron chi connectivity index (χ1n) is 3.56. The summed E-state index contributed by atoms with van der Waals surface area (Å²) in [6, 6.07) is 0. The molecule has 0 aliphatic rings. The zero-order valence-electron chi connectivity index (χ0n) is 6.89. The lowest BCUT2D eigenvalue weighted by atomic mass is 10.4. The lowest BCUT2D eigenvalue weighted by Gasteiger charge is -2.08. The number of alkyl halides is 1. The van der Waals surface area contributed by atoms with Crippen LogP contribution in [0.2, 0.25) is 0 Å². The molecule has 0 radical (unpaired) electrons. The summed E-state index contributed by atoms with van der Waals surface area (Å²) in [5.74, 6) is 0.128. The summed E-state index contributed by atoms with van der Waals surface area (Å²) in [5.41, 5.74) is 0. The summed E-state index contributed by atoms with van der Waals surface area (Å²) in [4.78, 5) is 10.9. The first-order chi connectivity index (χ1) is 5.20. The van der Waals surface area contributed by atoms with Crippen molar-refractivity contribution >= 4 is 33.6 Å². The van der Waals surface area contributed by atoms with Crippen molar-refractivity contribution in [2.45, 2.75) is 18.6 Å². The van der Waals surface area contributed by atoms with Gasteiger partial charge in [0.2, 0.25) is 5.91 Å². The summed E-state index contributed by atoms with van der Waals surface area (Å²) in [7, 11) is 0. The van der Waals surface area contributed by atoms with Crippen molar-refractivity contribution < 1.29 is 4.79 Å². The third kappa shape index (κ3) is 6.69. The lowest BCUT2D eigenvalue weighted by Crippen LogP contribution is -2.29. The fraction of sp³-hybridized carbons (Fsp3) is 0.857. The summed E-state index contributed by atoms with van der Waals surface area (Å²) in [5, 5.41) is 4.10. The van der Waals surface area contributed by atoms with Gasteiger partial charge in [0.1, 0.15) is 0 Å². The minimum absolute atomic E-state index is 0.128. The second kappa shape index (κ2) is 6.98. The molecule has 0 saturated heterocycles. The van der Waals surface area contributed by atoms with Crippen molar-refractivity contribution in [1.82, 2.24) is 5.32 Å². The topological polar surface area (TPSA) is 29.1 Å². The molecule has 1 unspecified atom stereocenters. The lowest BCUT2D eigenvalue weighted by molar-refractivity contribution is -0.120. The standard InChI is InChI=1S/C7H14BrNOS/c1-6(11-2)5-9-7(10)3-4-8/h6H,3-5H2,1-2H3,(H,9,10). The Bertz CT molecular complexity index is 121. The van der Waals surface area contributed by atoms with Crippen molar-refractivity contribution in [3.63, 3.8) is 0 Å². The smallest absolute Gasteiger partial charge is 0.220 e. The zero-order valence-corrected chi connectivity index (χ0v) is 9.30. The molecule has 0 aliphatic carbocycles. The Hall–Kier alpha value is 0.300. The molecular weight excluding hydrogens is 226 g/mol. The van der Waals surface area contributed by atoms with Crippen LogP contribution in [0.5, 0.6) is 0 Å². The van der Waals surface area contributed by atoms with Crippen LogP contribution in [0.25, 0.3) is 0 Å². The highest BCUT2D eigenvalue weighted by Crippen LogP contribution is 2.02. The van der Waals surface area contributed by atoms with Gasteiger partial charge < -0.3 is 5.32 Å². The van der Waals surface area contributed by atoms with E-state index in [0.717, 1.165) is 11.9 Å². The molecule has 0 aromatic carbocycles. The minimum Gasteiger partial charge on any atom is -0.355 e. The van der Waals surface area contributed by atoms with Crippen LogP contribution >= 0.6 is 27.7 Å². The fourth-order valence-electron chi connectivity index (χ4n) is 0.515. The molecule has 0 aromatic heterocycles. The molecule has 0 heterocycles. The molecule has 0 rings (SSSR count). The number of thioether (sulfide) groups is 1. The number of rotatable bonds is 5. The van der Waals surface area contributed by atoms with Crippen molar-refractivity contribution in [3.8, 4) is 0 Å². The molecule has 2 nitrogen and oxygen atoms in total. The van der Waals surface area contributed by atoms with Crippen LogP contribution in [-0.2, 0) is 4.79 Å². The van der Waals surface area contributed by atoms with Crippen LogP contribution in [-0.4, -0.2) is 29.3 Å². The predicted octanol–water partition coefficient (Wildman–Crippen LogP) is 1.64. The molecule has 66 valence electrons. The maximum absolute atomic E-state index is 10.9. The van der Waals surface area contributed by atoms with Gasteiger partial charge in [0.15, 0.2) is 0 Å². The predicted molar refractivity (Wildman–Crippen MR) is 54.4 cm³/mol. The van der Waals surface area contributed by atoms with Gasteiger partial charge in [0, 0.05) is 23.5 Å². The fourth-order valence-corrected chi connectivity index (χ4v) is 1.13. The molecule has 0 aromatic rings. The van der Waals surface area contributed by atoms with E-state index in [1.165, 1.54) is 0 Å². The Labute approximate surface area is 80.6 Å². The molecule has 0 aliphatic heterocycles. The van der Waals surface area contributed by atoms with E-state index in [0.29, 0.717) is 11.7 Å². The molecule has 0 fully saturated rings. The summed E-state index contributed by atoms with van der Waals surface area (Å²) < 4.78 is 0. The van der Waals surface area contributed by atoms with E-state index in [1.54, 1.807) is 11.8 Å². The number of carbonyl (C=O) groups excluding carboxylic acids is 1. The van der Waals surface area contributed by atoms with Gasteiger partial charge >= 0.3 is 0 Å². The van der Waals surface area contributed by atoms with E-state index in [9.17, 15) is 4.79 Å². The number of halogens is 1. The van der Waals surface area contributed by atoms with Gasteiger partial charge in [-0.15, -0.1) is 0 Å². The van der Waals surface area contributed by atoms with Crippen molar-refractivity contribution in [1.29, 1.82) is 0 Å². The maximum Gasteiger partial charge on any atom is 0.220 e. The second-order valence-electron chi connectivity index (χ2n) is 2.29. The molecule has 1 amide bonds. The number of hydrogen-bond donors (Lipinski definition) is 1. The number of nitrogens with one attached hydrogen (secondary N) is 1. The van der Waals surface area contributed by atoms with Gasteiger partial charge in [0.05, 0.1) is 0 Å². The SMILES string of the molecule is CSC(C)CNC(=O)CCBr. The van der Waals surface area contributed by atoms with Crippen LogP contribution in [0.3, 0.4) is 0 Å². The average Bonchev–Trinajstić information content (AvgIpc) is 2.01. The molecule has 1 atom stereocenters. The highest BCUT2D eigenvalue weighted by Gasteiger charge is 2.02. The molecule has 1 N–H and O–H groups in total. The van der Waals surface area contributed by atoms with Gasteiger partial charge in [-0.3, -0.25) is 4.79 Å². The van der Waals surface area contributed by atoms with Crippen LogP contribution in [0.15, 0.2) is 0 Å². The van der Waals surface area contributed by atoms with Crippen LogP contribution in [0, 0.1) is 0 Å². The summed E-state index contributed by atoms with van der Waals surface area (Å²) in [6.07, 6.45) is 2.61. The van der Waals surface area contributed by atoms with Gasteiger partial charge in [-0.05, 0) is 6.26 Å². The molecule has 0 bridgehead atoms. The highest BCUT2D eigenvalue weighted by atomic mass is 79.9. The Balaban J connectivity index is 3.30.